The summed E-state index contributed by atoms with van der Waals surface area (Å²) in [6.45, 7) is 4.54. The molecule has 1 heterocycles. The second-order valence-corrected chi connectivity index (χ2v) is 5.60. The highest BCUT2D eigenvalue weighted by atomic mass is 127. The maximum absolute atomic E-state index is 7.40. The second-order valence-electron chi connectivity index (χ2n) is 4.35. The Balaban J connectivity index is 1.87. The van der Waals surface area contributed by atoms with E-state index in [0.717, 1.165) is 24.3 Å². The van der Waals surface area contributed by atoms with Gasteiger partial charge in [0, 0.05) is 34.1 Å². The van der Waals surface area contributed by atoms with Gasteiger partial charge in [0.1, 0.15) is 0 Å². The monoisotopic (exact) mass is 343 g/mol. The molecule has 1 aromatic rings. The van der Waals surface area contributed by atoms with Gasteiger partial charge in [0.2, 0.25) is 0 Å². The van der Waals surface area contributed by atoms with Gasteiger partial charge in [0.15, 0.2) is 0 Å². The van der Waals surface area contributed by atoms with Crippen LogP contribution in [0.2, 0.25) is 0 Å². The fourth-order valence-corrected chi connectivity index (χ4v) is 2.68. The van der Waals surface area contributed by atoms with Crippen LogP contribution in [0.4, 0.5) is 5.69 Å². The minimum atomic E-state index is 0.960. The lowest BCUT2D eigenvalue weighted by atomic mass is 10.2. The standard InChI is InChI=1S/C13H18IN3/c14-12-3-4-13(11(9-12)10-15)16-5-8-17-6-1-2-7-17/h3-4,9-10,15-16H,1-2,5-8H2. The lowest BCUT2D eigenvalue weighted by Gasteiger charge is -2.16. The minimum absolute atomic E-state index is 0.960. The third-order valence-corrected chi connectivity index (χ3v) is 3.78. The maximum Gasteiger partial charge on any atom is 0.0430 e. The summed E-state index contributed by atoms with van der Waals surface area (Å²) in [6.07, 6.45) is 4.10. The third-order valence-electron chi connectivity index (χ3n) is 3.11. The van der Waals surface area contributed by atoms with Gasteiger partial charge in [-0.3, -0.25) is 0 Å². The van der Waals surface area contributed by atoms with Crippen LogP contribution in [0.25, 0.3) is 0 Å². The molecule has 0 aromatic heterocycles. The molecule has 92 valence electrons. The van der Waals surface area contributed by atoms with E-state index in [1.54, 1.807) is 0 Å². The summed E-state index contributed by atoms with van der Waals surface area (Å²) in [5.41, 5.74) is 2.04. The van der Waals surface area contributed by atoms with Crippen molar-refractivity contribution < 1.29 is 0 Å². The van der Waals surface area contributed by atoms with E-state index in [2.05, 4.69) is 44.9 Å². The number of anilines is 1. The van der Waals surface area contributed by atoms with Crippen LogP contribution in [-0.2, 0) is 0 Å². The molecule has 0 bridgehead atoms. The van der Waals surface area contributed by atoms with Crippen LogP contribution in [0, 0.1) is 8.98 Å². The van der Waals surface area contributed by atoms with Gasteiger partial charge in [0.05, 0.1) is 0 Å². The largest absolute Gasteiger partial charge is 0.383 e. The first-order chi connectivity index (χ1) is 8.29. The Labute approximate surface area is 116 Å². The van der Waals surface area contributed by atoms with Crippen molar-refractivity contribution in [1.29, 1.82) is 5.41 Å². The number of hydrogen-bond donors (Lipinski definition) is 2. The van der Waals surface area contributed by atoms with E-state index in [0.29, 0.717) is 0 Å². The Morgan fingerprint density at radius 1 is 1.35 bits per heavy atom. The lowest BCUT2D eigenvalue weighted by Crippen LogP contribution is -2.26. The number of rotatable bonds is 5. The molecule has 0 saturated carbocycles. The van der Waals surface area contributed by atoms with Gasteiger partial charge in [-0.1, -0.05) is 0 Å². The topological polar surface area (TPSA) is 39.1 Å². The predicted molar refractivity (Wildman–Crippen MR) is 81.2 cm³/mol. The van der Waals surface area contributed by atoms with Gasteiger partial charge < -0.3 is 15.6 Å². The molecule has 0 aliphatic carbocycles. The molecule has 0 spiro atoms. The highest BCUT2D eigenvalue weighted by Gasteiger charge is 2.10. The SMILES string of the molecule is N=Cc1cc(I)ccc1NCCN1CCCC1. The Bertz CT molecular complexity index is 386. The van der Waals surface area contributed by atoms with Crippen molar-refractivity contribution in [3.8, 4) is 0 Å². The molecule has 1 saturated heterocycles. The molecule has 1 fully saturated rings. The molecule has 0 atom stereocenters. The first kappa shape index (κ1) is 12.8. The summed E-state index contributed by atoms with van der Waals surface area (Å²) in [4.78, 5) is 2.49. The first-order valence-corrected chi connectivity index (χ1v) is 7.14. The van der Waals surface area contributed by atoms with Crippen LogP contribution in [-0.4, -0.2) is 37.3 Å². The van der Waals surface area contributed by atoms with Gasteiger partial charge in [-0.25, -0.2) is 0 Å². The van der Waals surface area contributed by atoms with E-state index in [9.17, 15) is 0 Å². The van der Waals surface area contributed by atoms with Crippen LogP contribution in [0.3, 0.4) is 0 Å². The van der Waals surface area contributed by atoms with Crippen LogP contribution >= 0.6 is 22.6 Å². The van der Waals surface area contributed by atoms with Crippen LogP contribution in [0.5, 0.6) is 0 Å². The number of nitrogens with one attached hydrogen (secondary N) is 2. The van der Waals surface area contributed by atoms with Crippen molar-refractivity contribution in [1.82, 2.24) is 4.90 Å². The molecule has 0 radical (unpaired) electrons. The van der Waals surface area contributed by atoms with Crippen LogP contribution < -0.4 is 5.32 Å². The molecule has 17 heavy (non-hydrogen) atoms. The van der Waals surface area contributed by atoms with Crippen LogP contribution in [0.1, 0.15) is 18.4 Å². The van der Waals surface area contributed by atoms with Gasteiger partial charge in [-0.15, -0.1) is 0 Å². The van der Waals surface area contributed by atoms with Crippen LogP contribution in [0.15, 0.2) is 18.2 Å². The number of nitrogens with zero attached hydrogens (tertiary/aromatic N) is 1. The van der Waals surface area contributed by atoms with E-state index < -0.39 is 0 Å². The molecule has 1 aromatic carbocycles. The molecule has 0 amide bonds. The average Bonchev–Trinajstić information content (AvgIpc) is 2.84. The molecular weight excluding hydrogens is 325 g/mol. The van der Waals surface area contributed by atoms with Gasteiger partial charge in [0.25, 0.3) is 0 Å². The molecule has 1 aliphatic rings. The summed E-state index contributed by atoms with van der Waals surface area (Å²) >= 11 is 2.27. The fraction of sp³-hybridized carbons (Fsp3) is 0.462. The number of halogens is 1. The number of likely N-dealkylation sites (tertiary alicyclic amines) is 1. The maximum atomic E-state index is 7.40. The second kappa shape index (κ2) is 6.35. The molecule has 0 unspecified atom stereocenters. The quantitative estimate of drug-likeness (QED) is 0.638. The van der Waals surface area contributed by atoms with E-state index in [-0.39, 0.29) is 0 Å². The summed E-state index contributed by atoms with van der Waals surface area (Å²) in [6, 6.07) is 6.17. The van der Waals surface area contributed by atoms with Crippen molar-refractivity contribution in [3.05, 3.63) is 27.3 Å². The van der Waals surface area contributed by atoms with E-state index in [1.165, 1.54) is 35.7 Å². The van der Waals surface area contributed by atoms with Crippen molar-refractivity contribution in [2.75, 3.05) is 31.5 Å². The summed E-state index contributed by atoms with van der Waals surface area (Å²) < 4.78 is 1.17. The van der Waals surface area contributed by atoms with Crippen molar-refractivity contribution in [2.45, 2.75) is 12.8 Å². The molecule has 1 aliphatic heterocycles. The van der Waals surface area contributed by atoms with Crippen molar-refractivity contribution in [2.24, 2.45) is 0 Å². The first-order valence-electron chi connectivity index (χ1n) is 6.06. The summed E-state index contributed by atoms with van der Waals surface area (Å²) in [5.74, 6) is 0. The average molecular weight is 343 g/mol. The van der Waals surface area contributed by atoms with Crippen molar-refractivity contribution in [3.63, 3.8) is 0 Å². The lowest BCUT2D eigenvalue weighted by molar-refractivity contribution is 0.352. The smallest absolute Gasteiger partial charge is 0.0430 e. The van der Waals surface area contributed by atoms with E-state index in [1.807, 2.05) is 6.07 Å². The summed E-state index contributed by atoms with van der Waals surface area (Å²) in [7, 11) is 0. The third kappa shape index (κ3) is 3.67. The molecule has 2 N–H and O–H groups in total. The Kier molecular flexibility index (Phi) is 4.79. The highest BCUT2D eigenvalue weighted by molar-refractivity contribution is 14.1. The van der Waals surface area contributed by atoms with Gasteiger partial charge in [-0.05, 0) is 66.7 Å². The minimum Gasteiger partial charge on any atom is -0.383 e. The van der Waals surface area contributed by atoms with Gasteiger partial charge in [-0.2, -0.15) is 0 Å². The predicted octanol–water partition coefficient (Wildman–Crippen LogP) is 2.80. The number of hydrogen-bond acceptors (Lipinski definition) is 3. The van der Waals surface area contributed by atoms with Gasteiger partial charge >= 0.3 is 0 Å². The van der Waals surface area contributed by atoms with E-state index in [4.69, 9.17) is 5.41 Å². The number of benzene rings is 1. The molecule has 3 nitrogen and oxygen atoms in total. The Morgan fingerprint density at radius 2 is 2.12 bits per heavy atom. The highest BCUT2D eigenvalue weighted by Crippen LogP contribution is 2.17. The zero-order valence-corrected chi connectivity index (χ0v) is 12.0. The Morgan fingerprint density at radius 3 is 2.82 bits per heavy atom. The zero-order valence-electron chi connectivity index (χ0n) is 9.88. The molecule has 2 rings (SSSR count). The van der Waals surface area contributed by atoms with Crippen molar-refractivity contribution >= 4 is 34.5 Å². The van der Waals surface area contributed by atoms with E-state index >= 15 is 0 Å². The normalized spacial score (nSPS) is 16.1. The fourth-order valence-electron chi connectivity index (χ4n) is 2.17. The summed E-state index contributed by atoms with van der Waals surface area (Å²) in [5, 5.41) is 10.8. The Hall–Kier alpha value is -0.620. The molecular formula is C13H18IN3. The zero-order chi connectivity index (χ0) is 12.1. The molecule has 4 heteroatoms.